The van der Waals surface area contributed by atoms with Crippen molar-refractivity contribution in [3.8, 4) is 0 Å². The maximum absolute atomic E-state index is 12.2. The number of halogens is 3. The van der Waals surface area contributed by atoms with Crippen molar-refractivity contribution in [3.05, 3.63) is 29.8 Å². The maximum atomic E-state index is 12.2. The molecule has 0 saturated heterocycles. The molecule has 0 amide bonds. The maximum Gasteiger partial charge on any atom is 0.446 e. The van der Waals surface area contributed by atoms with Gasteiger partial charge in [0, 0.05) is 11.4 Å². The molecule has 7 heteroatoms. The molecule has 112 valence electrons. The summed E-state index contributed by atoms with van der Waals surface area (Å²) in [5.41, 5.74) is -4.35. The smallest absolute Gasteiger partial charge is 0.446 e. The van der Waals surface area contributed by atoms with Gasteiger partial charge in [0.2, 0.25) is 0 Å². The lowest BCUT2D eigenvalue weighted by Gasteiger charge is -2.23. The van der Waals surface area contributed by atoms with E-state index >= 15 is 0 Å². The van der Waals surface area contributed by atoms with Crippen LogP contribution in [0.5, 0.6) is 0 Å². The Morgan fingerprint density at radius 1 is 1.25 bits per heavy atom. The summed E-state index contributed by atoms with van der Waals surface area (Å²) in [6.45, 7) is 3.71. The molecule has 0 fully saturated rings. The summed E-state index contributed by atoms with van der Waals surface area (Å²) >= 11 is -0.153. The molecule has 1 N–H and O–H groups in total. The van der Waals surface area contributed by atoms with Gasteiger partial charge in [-0.05, 0) is 43.3 Å². The number of thioether (sulfide) groups is 1. The molecule has 1 rings (SSSR count). The van der Waals surface area contributed by atoms with Crippen LogP contribution < -0.4 is 5.32 Å². The van der Waals surface area contributed by atoms with Gasteiger partial charge in [0.15, 0.2) is 0 Å². The van der Waals surface area contributed by atoms with Crippen LogP contribution in [0.4, 0.5) is 13.2 Å². The topological polar surface area (TPSA) is 38.3 Å². The number of carbonyl (C=O) groups excluding carboxylic acids is 1. The van der Waals surface area contributed by atoms with E-state index in [2.05, 4.69) is 10.1 Å². The van der Waals surface area contributed by atoms with Crippen molar-refractivity contribution in [2.24, 2.45) is 0 Å². The van der Waals surface area contributed by atoms with Crippen LogP contribution in [0.1, 0.15) is 19.4 Å². The molecule has 1 aromatic carbocycles. The van der Waals surface area contributed by atoms with Crippen LogP contribution in [-0.4, -0.2) is 24.1 Å². The van der Waals surface area contributed by atoms with Gasteiger partial charge in [-0.15, -0.1) is 0 Å². The molecule has 0 atom stereocenters. The van der Waals surface area contributed by atoms with Crippen LogP contribution in [-0.2, 0) is 16.1 Å². The first kappa shape index (κ1) is 16.8. The van der Waals surface area contributed by atoms with Gasteiger partial charge in [0.25, 0.3) is 0 Å². The molecule has 0 radical (unpaired) electrons. The first-order valence-electron chi connectivity index (χ1n) is 5.82. The van der Waals surface area contributed by atoms with Crippen molar-refractivity contribution in [2.45, 2.75) is 36.3 Å². The fourth-order valence-corrected chi connectivity index (χ4v) is 2.00. The van der Waals surface area contributed by atoms with Crippen LogP contribution in [0, 0.1) is 0 Å². The van der Waals surface area contributed by atoms with Gasteiger partial charge in [-0.2, -0.15) is 13.2 Å². The molecule has 1 aromatic rings. The molecule has 0 heterocycles. The SMILES string of the molecule is COC(=O)C(C)(C)NCc1ccc(SC(F)(F)F)cc1. The predicted molar refractivity (Wildman–Crippen MR) is 71.3 cm³/mol. The first-order valence-corrected chi connectivity index (χ1v) is 6.64. The van der Waals surface area contributed by atoms with E-state index in [1.54, 1.807) is 26.0 Å². The quantitative estimate of drug-likeness (QED) is 0.669. The molecule has 0 aliphatic rings. The minimum absolute atomic E-state index is 0.133. The lowest BCUT2D eigenvalue weighted by atomic mass is 10.1. The van der Waals surface area contributed by atoms with Crippen LogP contribution in [0.15, 0.2) is 29.2 Å². The minimum Gasteiger partial charge on any atom is -0.468 e. The van der Waals surface area contributed by atoms with E-state index < -0.39 is 17.0 Å². The number of esters is 1. The molecule has 3 nitrogen and oxygen atoms in total. The highest BCUT2D eigenvalue weighted by Crippen LogP contribution is 2.36. The molecule has 0 unspecified atom stereocenters. The van der Waals surface area contributed by atoms with Crippen molar-refractivity contribution >= 4 is 17.7 Å². The number of methoxy groups -OCH3 is 1. The molecule has 20 heavy (non-hydrogen) atoms. The van der Waals surface area contributed by atoms with Crippen molar-refractivity contribution in [3.63, 3.8) is 0 Å². The van der Waals surface area contributed by atoms with E-state index in [-0.39, 0.29) is 16.7 Å². The number of hydrogen-bond acceptors (Lipinski definition) is 4. The molecule has 0 aliphatic carbocycles. The van der Waals surface area contributed by atoms with Crippen LogP contribution in [0.3, 0.4) is 0 Å². The van der Waals surface area contributed by atoms with Crippen LogP contribution in [0.2, 0.25) is 0 Å². The van der Waals surface area contributed by atoms with Gasteiger partial charge in [-0.1, -0.05) is 12.1 Å². The average molecular weight is 307 g/mol. The Hall–Kier alpha value is -1.21. The standard InChI is InChI=1S/C13H16F3NO2S/c1-12(2,11(18)19-3)17-8-9-4-6-10(7-5-9)20-13(14,15)16/h4-7,17H,8H2,1-3H3. The molecule has 0 aliphatic heterocycles. The summed E-state index contributed by atoms with van der Waals surface area (Å²) in [4.78, 5) is 11.6. The number of nitrogens with one attached hydrogen (secondary N) is 1. The number of rotatable bonds is 5. The molecule has 0 bridgehead atoms. The van der Waals surface area contributed by atoms with Gasteiger partial charge in [-0.25, -0.2) is 0 Å². The number of ether oxygens (including phenoxy) is 1. The van der Waals surface area contributed by atoms with E-state index in [1.807, 2.05) is 0 Å². The molecular weight excluding hydrogens is 291 g/mol. The third kappa shape index (κ3) is 5.42. The fourth-order valence-electron chi connectivity index (χ4n) is 1.46. The van der Waals surface area contributed by atoms with Gasteiger partial charge in [0.05, 0.1) is 7.11 Å². The summed E-state index contributed by atoms with van der Waals surface area (Å²) in [6, 6.07) is 5.99. The number of carbonyl (C=O) groups is 1. The molecule has 0 aromatic heterocycles. The third-order valence-electron chi connectivity index (χ3n) is 2.59. The predicted octanol–water partition coefficient (Wildman–Crippen LogP) is 3.34. The van der Waals surface area contributed by atoms with E-state index in [9.17, 15) is 18.0 Å². The number of alkyl halides is 3. The normalized spacial score (nSPS) is 12.3. The van der Waals surface area contributed by atoms with Crippen molar-refractivity contribution in [1.29, 1.82) is 0 Å². The zero-order chi connectivity index (χ0) is 15.4. The second kappa shape index (κ2) is 6.49. The van der Waals surface area contributed by atoms with Crippen molar-refractivity contribution in [2.75, 3.05) is 7.11 Å². The lowest BCUT2D eigenvalue weighted by Crippen LogP contribution is -2.46. The van der Waals surface area contributed by atoms with E-state index in [4.69, 9.17) is 0 Å². The van der Waals surface area contributed by atoms with Gasteiger partial charge in [-0.3, -0.25) is 10.1 Å². The summed E-state index contributed by atoms with van der Waals surface area (Å²) in [5.74, 6) is -0.401. The second-order valence-corrected chi connectivity index (χ2v) is 5.80. The van der Waals surface area contributed by atoms with Crippen LogP contribution in [0.25, 0.3) is 0 Å². The van der Waals surface area contributed by atoms with E-state index in [0.29, 0.717) is 6.54 Å². The number of hydrogen-bond donors (Lipinski definition) is 1. The van der Waals surface area contributed by atoms with Crippen molar-refractivity contribution < 1.29 is 22.7 Å². The largest absolute Gasteiger partial charge is 0.468 e. The van der Waals surface area contributed by atoms with E-state index in [0.717, 1.165) is 5.56 Å². The molecular formula is C13H16F3NO2S. The van der Waals surface area contributed by atoms with Gasteiger partial charge in [0.1, 0.15) is 5.54 Å². The Kier molecular flexibility index (Phi) is 5.47. The zero-order valence-corrected chi connectivity index (χ0v) is 12.2. The Labute approximate surface area is 119 Å². The van der Waals surface area contributed by atoms with Gasteiger partial charge >= 0.3 is 11.5 Å². The average Bonchev–Trinajstić information content (AvgIpc) is 2.35. The Bertz CT molecular complexity index is 458. The fraction of sp³-hybridized carbons (Fsp3) is 0.462. The number of benzene rings is 1. The Morgan fingerprint density at radius 3 is 2.25 bits per heavy atom. The Morgan fingerprint density at radius 2 is 1.80 bits per heavy atom. The van der Waals surface area contributed by atoms with Gasteiger partial charge < -0.3 is 4.74 Å². The summed E-state index contributed by atoms with van der Waals surface area (Å²) in [5, 5.41) is 2.99. The highest BCUT2D eigenvalue weighted by atomic mass is 32.2. The summed E-state index contributed by atoms with van der Waals surface area (Å²) < 4.78 is 41.2. The summed E-state index contributed by atoms with van der Waals surface area (Å²) in [6.07, 6.45) is 0. The Balaban J connectivity index is 2.60. The van der Waals surface area contributed by atoms with Crippen LogP contribution >= 0.6 is 11.8 Å². The lowest BCUT2D eigenvalue weighted by molar-refractivity contribution is -0.147. The second-order valence-electron chi connectivity index (χ2n) is 4.66. The highest BCUT2D eigenvalue weighted by molar-refractivity contribution is 8.00. The zero-order valence-electron chi connectivity index (χ0n) is 11.4. The minimum atomic E-state index is -4.29. The summed E-state index contributed by atoms with van der Waals surface area (Å²) in [7, 11) is 1.30. The first-order chi connectivity index (χ1) is 9.14. The monoisotopic (exact) mass is 307 g/mol. The van der Waals surface area contributed by atoms with E-state index in [1.165, 1.54) is 19.2 Å². The molecule has 0 saturated carbocycles. The third-order valence-corrected chi connectivity index (χ3v) is 3.33. The highest BCUT2D eigenvalue weighted by Gasteiger charge is 2.29. The van der Waals surface area contributed by atoms with Crippen molar-refractivity contribution in [1.82, 2.24) is 5.32 Å². The molecule has 0 spiro atoms.